The number of aromatic nitrogens is 3. The lowest BCUT2D eigenvalue weighted by atomic mass is 10.1. The van der Waals surface area contributed by atoms with Crippen molar-refractivity contribution in [1.82, 2.24) is 15.0 Å². The highest BCUT2D eigenvalue weighted by molar-refractivity contribution is 9.10. The molecule has 6 heteroatoms. The molecule has 0 spiro atoms. The second kappa shape index (κ2) is 5.49. The molecule has 21 heavy (non-hydrogen) atoms. The van der Waals surface area contributed by atoms with Crippen molar-refractivity contribution in [3.05, 3.63) is 63.6 Å². The minimum atomic E-state index is -0.409. The smallest absolute Gasteiger partial charge is 0.262 e. The highest BCUT2D eigenvalue weighted by Gasteiger charge is 2.15. The fourth-order valence-corrected chi connectivity index (χ4v) is 2.49. The summed E-state index contributed by atoms with van der Waals surface area (Å²) in [6.07, 6.45) is 3.19. The normalized spacial score (nSPS) is 10.5. The number of aromatic amines is 1. The molecule has 0 radical (unpaired) electrons. The molecule has 0 aliphatic rings. The maximum Gasteiger partial charge on any atom is 0.262 e. The molecule has 0 fully saturated rings. The van der Waals surface area contributed by atoms with Gasteiger partial charge < -0.3 is 10.1 Å². The molecule has 1 aromatic carbocycles. The van der Waals surface area contributed by atoms with Crippen molar-refractivity contribution in [1.29, 1.82) is 0 Å². The number of aromatic hydroxyl groups is 1. The molecule has 2 heterocycles. The molecule has 2 aromatic heterocycles. The molecular weight excluding hydrogens is 334 g/mol. The Hall–Kier alpha value is -2.47. The zero-order chi connectivity index (χ0) is 14.8. The first-order chi connectivity index (χ1) is 10.2. The van der Waals surface area contributed by atoms with Gasteiger partial charge in [-0.1, -0.05) is 34.1 Å². The summed E-state index contributed by atoms with van der Waals surface area (Å²) in [6, 6.07) is 10.6. The summed E-state index contributed by atoms with van der Waals surface area (Å²) < 4.78 is 0.710. The van der Waals surface area contributed by atoms with Gasteiger partial charge in [0, 0.05) is 28.0 Å². The first kappa shape index (κ1) is 13.5. The van der Waals surface area contributed by atoms with E-state index in [-0.39, 0.29) is 17.3 Å². The lowest BCUT2D eigenvalue weighted by molar-refractivity contribution is 0.454. The Bertz CT molecular complexity index is 847. The number of rotatable bonds is 2. The Morgan fingerprint density at radius 2 is 1.95 bits per heavy atom. The van der Waals surface area contributed by atoms with Gasteiger partial charge in [0.25, 0.3) is 5.56 Å². The number of nitrogens with zero attached hydrogens (tertiary/aromatic N) is 2. The molecule has 2 N–H and O–H groups in total. The number of H-pyrrole nitrogens is 1. The van der Waals surface area contributed by atoms with E-state index < -0.39 is 5.56 Å². The van der Waals surface area contributed by atoms with Crippen molar-refractivity contribution in [3.8, 4) is 28.4 Å². The summed E-state index contributed by atoms with van der Waals surface area (Å²) in [6.45, 7) is 0. The van der Waals surface area contributed by atoms with E-state index in [2.05, 4.69) is 30.9 Å². The van der Waals surface area contributed by atoms with Crippen LogP contribution < -0.4 is 5.56 Å². The summed E-state index contributed by atoms with van der Waals surface area (Å²) in [7, 11) is 0. The van der Waals surface area contributed by atoms with Crippen LogP contribution in [0.4, 0.5) is 0 Å². The van der Waals surface area contributed by atoms with E-state index in [0.29, 0.717) is 15.6 Å². The fraction of sp³-hybridized carbons (Fsp3) is 0. The topological polar surface area (TPSA) is 78.9 Å². The maximum atomic E-state index is 12.3. The Labute approximate surface area is 128 Å². The second-order valence-electron chi connectivity index (χ2n) is 4.33. The molecule has 104 valence electrons. The number of nitrogens with one attached hydrogen (secondary N) is 1. The quantitative estimate of drug-likeness (QED) is 0.749. The first-order valence-corrected chi connectivity index (χ1v) is 6.94. The van der Waals surface area contributed by atoms with Crippen molar-refractivity contribution in [2.45, 2.75) is 0 Å². The molecule has 0 aliphatic carbocycles. The van der Waals surface area contributed by atoms with E-state index >= 15 is 0 Å². The lowest BCUT2D eigenvalue weighted by Crippen LogP contribution is -2.12. The molecule has 0 aliphatic heterocycles. The average Bonchev–Trinajstić information content (AvgIpc) is 2.49. The third-order valence-electron chi connectivity index (χ3n) is 2.98. The predicted octanol–water partition coefficient (Wildman–Crippen LogP) is 2.97. The summed E-state index contributed by atoms with van der Waals surface area (Å²) in [5.74, 6) is -0.0362. The number of pyridine rings is 1. The van der Waals surface area contributed by atoms with Gasteiger partial charge in [-0.25, -0.2) is 0 Å². The van der Waals surface area contributed by atoms with Crippen LogP contribution in [0.5, 0.6) is 5.88 Å². The first-order valence-electron chi connectivity index (χ1n) is 6.15. The minimum Gasteiger partial charge on any atom is -0.493 e. The highest BCUT2D eigenvalue weighted by Crippen LogP contribution is 2.31. The largest absolute Gasteiger partial charge is 0.493 e. The van der Waals surface area contributed by atoms with Gasteiger partial charge in [0.15, 0.2) is 0 Å². The molecule has 0 amide bonds. The van der Waals surface area contributed by atoms with Crippen LogP contribution in [0.2, 0.25) is 0 Å². The van der Waals surface area contributed by atoms with Gasteiger partial charge in [0.1, 0.15) is 11.4 Å². The van der Waals surface area contributed by atoms with Gasteiger partial charge in [-0.15, -0.1) is 0 Å². The Kier molecular flexibility index (Phi) is 3.53. The van der Waals surface area contributed by atoms with Crippen LogP contribution in [0.25, 0.3) is 22.5 Å². The monoisotopic (exact) mass is 343 g/mol. The predicted molar refractivity (Wildman–Crippen MR) is 82.9 cm³/mol. The average molecular weight is 344 g/mol. The van der Waals surface area contributed by atoms with Crippen LogP contribution in [0.3, 0.4) is 0 Å². The zero-order valence-electron chi connectivity index (χ0n) is 10.7. The molecule has 0 saturated heterocycles. The third-order valence-corrected chi connectivity index (χ3v) is 3.67. The fourth-order valence-electron chi connectivity index (χ4n) is 2.01. The van der Waals surface area contributed by atoms with Crippen LogP contribution in [-0.2, 0) is 0 Å². The van der Waals surface area contributed by atoms with Gasteiger partial charge in [-0.05, 0) is 18.2 Å². The van der Waals surface area contributed by atoms with E-state index in [1.54, 1.807) is 42.7 Å². The Morgan fingerprint density at radius 1 is 1.14 bits per heavy atom. The van der Waals surface area contributed by atoms with Crippen LogP contribution in [-0.4, -0.2) is 20.1 Å². The highest BCUT2D eigenvalue weighted by atomic mass is 79.9. The van der Waals surface area contributed by atoms with E-state index in [1.165, 1.54) is 0 Å². The molecular formula is C15H10BrN3O2. The minimum absolute atomic E-state index is 0.134. The van der Waals surface area contributed by atoms with Crippen LogP contribution in [0.15, 0.2) is 58.1 Å². The van der Waals surface area contributed by atoms with Crippen molar-refractivity contribution in [3.63, 3.8) is 0 Å². The molecule has 0 unspecified atom stereocenters. The molecule has 0 bridgehead atoms. The molecule has 3 aromatic rings. The van der Waals surface area contributed by atoms with Gasteiger partial charge in [0.2, 0.25) is 5.88 Å². The summed E-state index contributed by atoms with van der Waals surface area (Å²) in [5.41, 5.74) is 0.938. The molecule has 3 rings (SSSR count). The van der Waals surface area contributed by atoms with Crippen molar-refractivity contribution >= 4 is 15.9 Å². The maximum absolute atomic E-state index is 12.3. The standard InChI is InChI=1S/C15H10BrN3O2/c16-11-6-2-1-5-10(11)12-14(20)18-13(19-15(12)21)9-4-3-7-17-8-9/h1-8H,(H2,18,19,20,21). The van der Waals surface area contributed by atoms with Crippen molar-refractivity contribution in [2.75, 3.05) is 0 Å². The third kappa shape index (κ3) is 2.57. The van der Waals surface area contributed by atoms with Gasteiger partial charge in [-0.2, -0.15) is 4.98 Å². The summed E-state index contributed by atoms with van der Waals surface area (Å²) >= 11 is 3.36. The van der Waals surface area contributed by atoms with Gasteiger partial charge >= 0.3 is 0 Å². The summed E-state index contributed by atoms with van der Waals surface area (Å²) in [4.78, 5) is 23.0. The number of halogens is 1. The SMILES string of the molecule is O=c1[nH]c(-c2cccnc2)nc(O)c1-c1ccccc1Br. The molecule has 5 nitrogen and oxygen atoms in total. The molecule has 0 saturated carbocycles. The van der Waals surface area contributed by atoms with Crippen molar-refractivity contribution < 1.29 is 5.11 Å². The van der Waals surface area contributed by atoms with Crippen molar-refractivity contribution in [2.24, 2.45) is 0 Å². The molecule has 0 atom stereocenters. The van der Waals surface area contributed by atoms with Crippen LogP contribution in [0, 0.1) is 0 Å². The Balaban J connectivity index is 2.19. The lowest BCUT2D eigenvalue weighted by Gasteiger charge is -2.07. The van der Waals surface area contributed by atoms with E-state index in [1.807, 2.05) is 6.07 Å². The zero-order valence-corrected chi connectivity index (χ0v) is 12.3. The van der Waals surface area contributed by atoms with Crippen LogP contribution >= 0.6 is 15.9 Å². The number of hydrogen-bond donors (Lipinski definition) is 2. The summed E-state index contributed by atoms with van der Waals surface area (Å²) in [5, 5.41) is 10.1. The number of benzene rings is 1. The van der Waals surface area contributed by atoms with Crippen LogP contribution in [0.1, 0.15) is 0 Å². The van der Waals surface area contributed by atoms with E-state index in [0.717, 1.165) is 0 Å². The van der Waals surface area contributed by atoms with Gasteiger partial charge in [0.05, 0.1) is 0 Å². The Morgan fingerprint density at radius 3 is 2.62 bits per heavy atom. The van der Waals surface area contributed by atoms with E-state index in [9.17, 15) is 9.90 Å². The second-order valence-corrected chi connectivity index (χ2v) is 5.19. The van der Waals surface area contributed by atoms with E-state index in [4.69, 9.17) is 0 Å². The van der Waals surface area contributed by atoms with Gasteiger partial charge in [-0.3, -0.25) is 9.78 Å². The number of hydrogen-bond acceptors (Lipinski definition) is 4.